The molecule has 2 heterocycles. The Labute approximate surface area is 147 Å². The molecular weight excluding hydrogens is 316 g/mol. The van der Waals surface area contributed by atoms with E-state index in [-0.39, 0.29) is 17.9 Å². The van der Waals surface area contributed by atoms with E-state index in [1.807, 2.05) is 37.3 Å². The van der Waals surface area contributed by atoms with Gasteiger partial charge in [-0.05, 0) is 43.0 Å². The zero-order chi connectivity index (χ0) is 17.8. The second kappa shape index (κ2) is 7.34. The highest BCUT2D eigenvalue weighted by atomic mass is 16.2. The number of nitrogens with two attached hydrogens (primary N) is 1. The molecule has 0 aliphatic carbocycles. The zero-order valence-corrected chi connectivity index (χ0v) is 14.2. The maximum Gasteiger partial charge on any atom is 0.321 e. The van der Waals surface area contributed by atoms with Gasteiger partial charge >= 0.3 is 6.03 Å². The molecule has 1 saturated heterocycles. The van der Waals surface area contributed by atoms with Crippen LogP contribution in [0.4, 0.5) is 10.5 Å². The van der Waals surface area contributed by atoms with Crippen LogP contribution in [0.5, 0.6) is 0 Å². The molecule has 130 valence electrons. The van der Waals surface area contributed by atoms with Crippen molar-refractivity contribution in [2.45, 2.75) is 19.8 Å². The van der Waals surface area contributed by atoms with Crippen LogP contribution < -0.4 is 11.1 Å². The molecule has 1 atom stereocenters. The SMILES string of the molecule is Cc1ccc(-c2cccnc2)cc1NC(=O)N1CCCC(C(N)=O)C1. The lowest BCUT2D eigenvalue weighted by Crippen LogP contribution is -2.45. The summed E-state index contributed by atoms with van der Waals surface area (Å²) in [6, 6.07) is 9.58. The van der Waals surface area contributed by atoms with E-state index in [1.54, 1.807) is 17.3 Å². The van der Waals surface area contributed by atoms with Crippen molar-refractivity contribution in [2.75, 3.05) is 18.4 Å². The minimum absolute atomic E-state index is 0.197. The van der Waals surface area contributed by atoms with Gasteiger partial charge in [-0.2, -0.15) is 0 Å². The van der Waals surface area contributed by atoms with E-state index in [4.69, 9.17) is 5.73 Å². The van der Waals surface area contributed by atoms with Crippen LogP contribution in [0.15, 0.2) is 42.7 Å². The Morgan fingerprint density at radius 2 is 2.12 bits per heavy atom. The van der Waals surface area contributed by atoms with Crippen LogP contribution in [0.1, 0.15) is 18.4 Å². The second-order valence-electron chi connectivity index (χ2n) is 6.39. The fourth-order valence-corrected chi connectivity index (χ4v) is 3.06. The van der Waals surface area contributed by atoms with Crippen molar-refractivity contribution in [1.82, 2.24) is 9.88 Å². The lowest BCUT2D eigenvalue weighted by molar-refractivity contribution is -0.123. The molecule has 1 aliphatic heterocycles. The van der Waals surface area contributed by atoms with E-state index in [9.17, 15) is 9.59 Å². The number of rotatable bonds is 3. The number of piperidine rings is 1. The van der Waals surface area contributed by atoms with Gasteiger partial charge in [-0.1, -0.05) is 18.2 Å². The van der Waals surface area contributed by atoms with Gasteiger partial charge in [-0.15, -0.1) is 0 Å². The lowest BCUT2D eigenvalue weighted by atomic mass is 9.98. The summed E-state index contributed by atoms with van der Waals surface area (Å²) in [6.45, 7) is 2.96. The highest BCUT2D eigenvalue weighted by molar-refractivity contribution is 5.91. The third kappa shape index (κ3) is 3.96. The fourth-order valence-electron chi connectivity index (χ4n) is 3.06. The van der Waals surface area contributed by atoms with Gasteiger partial charge in [-0.25, -0.2) is 4.79 Å². The number of nitrogens with one attached hydrogen (secondary N) is 1. The van der Waals surface area contributed by atoms with E-state index in [0.717, 1.165) is 35.2 Å². The molecular formula is C19H22N4O2. The molecule has 6 heteroatoms. The lowest BCUT2D eigenvalue weighted by Gasteiger charge is -2.31. The standard InChI is InChI=1S/C19H22N4O2/c1-13-6-7-14(15-4-2-8-21-11-15)10-17(13)22-19(25)23-9-3-5-16(12-23)18(20)24/h2,4,6-8,10-11,16H,3,5,9,12H2,1H3,(H2,20,24)(H,22,25). The largest absolute Gasteiger partial charge is 0.369 e. The van der Waals surface area contributed by atoms with E-state index in [0.29, 0.717) is 13.1 Å². The Balaban J connectivity index is 1.76. The van der Waals surface area contributed by atoms with Crippen LogP contribution in [0.25, 0.3) is 11.1 Å². The molecule has 1 unspecified atom stereocenters. The van der Waals surface area contributed by atoms with E-state index in [1.165, 1.54) is 0 Å². The molecule has 1 aliphatic rings. The molecule has 6 nitrogen and oxygen atoms in total. The van der Waals surface area contributed by atoms with E-state index < -0.39 is 0 Å². The highest BCUT2D eigenvalue weighted by Gasteiger charge is 2.27. The van der Waals surface area contributed by atoms with Crippen LogP contribution in [-0.2, 0) is 4.79 Å². The molecule has 1 fully saturated rings. The minimum atomic E-state index is -0.341. The summed E-state index contributed by atoms with van der Waals surface area (Å²) in [5.41, 5.74) is 9.10. The van der Waals surface area contributed by atoms with Gasteiger partial charge in [0.1, 0.15) is 0 Å². The Hall–Kier alpha value is -2.89. The molecule has 2 aromatic rings. The smallest absolute Gasteiger partial charge is 0.321 e. The molecule has 25 heavy (non-hydrogen) atoms. The van der Waals surface area contributed by atoms with Crippen molar-refractivity contribution in [3.05, 3.63) is 48.3 Å². The molecule has 1 aromatic carbocycles. The number of benzene rings is 1. The van der Waals surface area contributed by atoms with Crippen molar-refractivity contribution >= 4 is 17.6 Å². The first-order valence-corrected chi connectivity index (χ1v) is 8.41. The summed E-state index contributed by atoms with van der Waals surface area (Å²) in [7, 11) is 0. The second-order valence-corrected chi connectivity index (χ2v) is 6.39. The number of carbonyl (C=O) groups excluding carboxylic acids is 2. The number of urea groups is 1. The van der Waals surface area contributed by atoms with Crippen LogP contribution >= 0.6 is 0 Å². The number of hydrogen-bond donors (Lipinski definition) is 2. The normalized spacial score (nSPS) is 17.2. The molecule has 3 amide bonds. The van der Waals surface area contributed by atoms with Crippen molar-refractivity contribution < 1.29 is 9.59 Å². The number of aromatic nitrogens is 1. The first-order valence-electron chi connectivity index (χ1n) is 8.41. The number of primary amides is 1. The Morgan fingerprint density at radius 3 is 2.84 bits per heavy atom. The van der Waals surface area contributed by atoms with E-state index >= 15 is 0 Å². The number of nitrogens with zero attached hydrogens (tertiary/aromatic N) is 2. The van der Waals surface area contributed by atoms with Gasteiger partial charge in [0, 0.05) is 36.7 Å². The Kier molecular flexibility index (Phi) is 4.97. The average molecular weight is 338 g/mol. The van der Waals surface area contributed by atoms with Gasteiger partial charge < -0.3 is 16.0 Å². The summed E-state index contributed by atoms with van der Waals surface area (Å²) >= 11 is 0. The van der Waals surface area contributed by atoms with Gasteiger partial charge in [0.05, 0.1) is 5.92 Å². The molecule has 0 spiro atoms. The van der Waals surface area contributed by atoms with Crippen LogP contribution in [0, 0.1) is 12.8 Å². The van der Waals surface area contributed by atoms with Crippen molar-refractivity contribution in [3.63, 3.8) is 0 Å². The molecule has 3 rings (SSSR count). The molecule has 0 radical (unpaired) electrons. The highest BCUT2D eigenvalue weighted by Crippen LogP contribution is 2.25. The number of likely N-dealkylation sites (tertiary alicyclic amines) is 1. The summed E-state index contributed by atoms with van der Waals surface area (Å²) in [6.07, 6.45) is 5.05. The van der Waals surface area contributed by atoms with Gasteiger partial charge in [-0.3, -0.25) is 9.78 Å². The van der Waals surface area contributed by atoms with E-state index in [2.05, 4.69) is 10.3 Å². The maximum atomic E-state index is 12.6. The van der Waals surface area contributed by atoms with Crippen LogP contribution in [0.2, 0.25) is 0 Å². The number of aryl methyl sites for hydroxylation is 1. The van der Waals surface area contributed by atoms with Gasteiger partial charge in [0.2, 0.25) is 5.91 Å². The maximum absolute atomic E-state index is 12.6. The third-order valence-electron chi connectivity index (χ3n) is 4.59. The van der Waals surface area contributed by atoms with Crippen molar-refractivity contribution in [2.24, 2.45) is 11.7 Å². The van der Waals surface area contributed by atoms with Crippen LogP contribution in [0.3, 0.4) is 0 Å². The minimum Gasteiger partial charge on any atom is -0.369 e. The van der Waals surface area contributed by atoms with Gasteiger partial charge in [0.15, 0.2) is 0 Å². The number of pyridine rings is 1. The number of carbonyl (C=O) groups is 2. The molecule has 0 saturated carbocycles. The quantitative estimate of drug-likeness (QED) is 0.902. The Morgan fingerprint density at radius 1 is 1.28 bits per heavy atom. The average Bonchev–Trinajstić information content (AvgIpc) is 2.64. The topological polar surface area (TPSA) is 88.3 Å². The fraction of sp³-hybridized carbons (Fsp3) is 0.316. The van der Waals surface area contributed by atoms with Crippen molar-refractivity contribution in [1.29, 1.82) is 0 Å². The summed E-state index contributed by atoms with van der Waals surface area (Å²) < 4.78 is 0. The first kappa shape index (κ1) is 17.0. The number of anilines is 1. The summed E-state index contributed by atoms with van der Waals surface area (Å²) in [5.74, 6) is -0.602. The summed E-state index contributed by atoms with van der Waals surface area (Å²) in [4.78, 5) is 29.8. The van der Waals surface area contributed by atoms with Crippen LogP contribution in [-0.4, -0.2) is 34.9 Å². The molecule has 1 aromatic heterocycles. The number of amides is 3. The molecule has 0 bridgehead atoms. The summed E-state index contributed by atoms with van der Waals surface area (Å²) in [5, 5.41) is 2.96. The molecule has 3 N–H and O–H groups in total. The predicted molar refractivity (Wildman–Crippen MR) is 96.9 cm³/mol. The first-order chi connectivity index (χ1) is 12.0. The van der Waals surface area contributed by atoms with Gasteiger partial charge in [0.25, 0.3) is 0 Å². The number of hydrogen-bond acceptors (Lipinski definition) is 3. The third-order valence-corrected chi connectivity index (χ3v) is 4.59. The Bertz CT molecular complexity index is 776. The van der Waals surface area contributed by atoms with Crippen molar-refractivity contribution in [3.8, 4) is 11.1 Å². The predicted octanol–water partition coefficient (Wildman–Crippen LogP) is 2.79. The zero-order valence-electron chi connectivity index (χ0n) is 14.2. The monoisotopic (exact) mass is 338 g/mol.